The van der Waals surface area contributed by atoms with Gasteiger partial charge in [0.2, 0.25) is 0 Å². The molecule has 0 saturated carbocycles. The SMILES string of the molecule is Cc1ccnc(N(C)CCC#N)c1C#N. The van der Waals surface area contributed by atoms with Gasteiger partial charge in [-0.25, -0.2) is 4.98 Å². The zero-order valence-corrected chi connectivity index (χ0v) is 8.86. The summed E-state index contributed by atoms with van der Waals surface area (Å²) in [5.74, 6) is 0.646. The Hall–Kier alpha value is -2.07. The van der Waals surface area contributed by atoms with E-state index in [0.717, 1.165) is 5.56 Å². The fraction of sp³-hybridized carbons (Fsp3) is 0.364. The summed E-state index contributed by atoms with van der Waals surface area (Å²) in [6.45, 7) is 2.46. The van der Waals surface area contributed by atoms with Crippen molar-refractivity contribution in [2.45, 2.75) is 13.3 Å². The van der Waals surface area contributed by atoms with Crippen LogP contribution in [-0.2, 0) is 0 Å². The maximum Gasteiger partial charge on any atom is 0.146 e. The molecule has 0 aromatic carbocycles. The van der Waals surface area contributed by atoms with Gasteiger partial charge in [0.1, 0.15) is 11.9 Å². The lowest BCUT2D eigenvalue weighted by Gasteiger charge is -2.18. The Morgan fingerprint density at radius 3 is 2.80 bits per heavy atom. The quantitative estimate of drug-likeness (QED) is 0.743. The molecule has 0 aliphatic rings. The molecule has 15 heavy (non-hydrogen) atoms. The van der Waals surface area contributed by atoms with Crippen molar-refractivity contribution in [1.29, 1.82) is 10.5 Å². The van der Waals surface area contributed by atoms with Crippen LogP contribution in [0.5, 0.6) is 0 Å². The van der Waals surface area contributed by atoms with Crippen molar-refractivity contribution in [3.8, 4) is 12.1 Å². The van der Waals surface area contributed by atoms with Gasteiger partial charge in [-0.1, -0.05) is 0 Å². The van der Waals surface area contributed by atoms with Crippen LogP contribution in [0, 0.1) is 29.6 Å². The van der Waals surface area contributed by atoms with Crippen LogP contribution in [0.25, 0.3) is 0 Å². The molecule has 0 aliphatic heterocycles. The van der Waals surface area contributed by atoms with Crippen molar-refractivity contribution in [1.82, 2.24) is 4.98 Å². The number of hydrogen-bond acceptors (Lipinski definition) is 4. The summed E-state index contributed by atoms with van der Waals surface area (Å²) in [5.41, 5.74) is 1.49. The number of anilines is 1. The average Bonchev–Trinajstić information content (AvgIpc) is 2.25. The molecule has 0 bridgehead atoms. The summed E-state index contributed by atoms with van der Waals surface area (Å²) >= 11 is 0. The van der Waals surface area contributed by atoms with Crippen LogP contribution in [-0.4, -0.2) is 18.6 Å². The van der Waals surface area contributed by atoms with Crippen LogP contribution in [0.2, 0.25) is 0 Å². The molecule has 0 N–H and O–H groups in total. The molecule has 1 heterocycles. The third kappa shape index (κ3) is 2.45. The van der Waals surface area contributed by atoms with Gasteiger partial charge in [0.05, 0.1) is 18.1 Å². The number of nitrogens with zero attached hydrogens (tertiary/aromatic N) is 4. The zero-order chi connectivity index (χ0) is 11.3. The van der Waals surface area contributed by atoms with Gasteiger partial charge in [0.25, 0.3) is 0 Å². The van der Waals surface area contributed by atoms with E-state index in [1.54, 1.807) is 12.3 Å². The van der Waals surface area contributed by atoms with Crippen molar-refractivity contribution >= 4 is 5.82 Å². The van der Waals surface area contributed by atoms with Crippen molar-refractivity contribution in [2.24, 2.45) is 0 Å². The first-order valence-corrected chi connectivity index (χ1v) is 4.64. The maximum atomic E-state index is 8.99. The Bertz CT molecular complexity index is 425. The summed E-state index contributed by atoms with van der Waals surface area (Å²) in [4.78, 5) is 5.99. The van der Waals surface area contributed by atoms with Crippen LogP contribution in [0.15, 0.2) is 12.3 Å². The minimum absolute atomic E-state index is 0.428. The highest BCUT2D eigenvalue weighted by atomic mass is 15.2. The predicted octanol–water partition coefficient (Wildman–Crippen LogP) is 1.61. The minimum atomic E-state index is 0.428. The molecule has 4 heteroatoms. The minimum Gasteiger partial charge on any atom is -0.358 e. The van der Waals surface area contributed by atoms with Gasteiger partial charge in [0, 0.05) is 19.8 Å². The van der Waals surface area contributed by atoms with Crippen molar-refractivity contribution in [3.63, 3.8) is 0 Å². The van der Waals surface area contributed by atoms with E-state index in [4.69, 9.17) is 10.5 Å². The Morgan fingerprint density at radius 1 is 1.47 bits per heavy atom. The second-order valence-corrected chi connectivity index (χ2v) is 3.27. The van der Waals surface area contributed by atoms with Gasteiger partial charge in [-0.05, 0) is 18.6 Å². The van der Waals surface area contributed by atoms with Gasteiger partial charge in [-0.15, -0.1) is 0 Å². The van der Waals surface area contributed by atoms with Gasteiger partial charge < -0.3 is 4.90 Å². The first-order chi connectivity index (χ1) is 7.20. The van der Waals surface area contributed by atoms with E-state index in [0.29, 0.717) is 24.3 Å². The fourth-order valence-electron chi connectivity index (χ4n) is 1.30. The van der Waals surface area contributed by atoms with Gasteiger partial charge in [-0.2, -0.15) is 10.5 Å². The van der Waals surface area contributed by atoms with Crippen LogP contribution in [0.4, 0.5) is 5.82 Å². The molecule has 0 atom stereocenters. The maximum absolute atomic E-state index is 8.99. The average molecular weight is 200 g/mol. The first kappa shape index (κ1) is 11.0. The normalized spacial score (nSPS) is 9.07. The second-order valence-electron chi connectivity index (χ2n) is 3.27. The largest absolute Gasteiger partial charge is 0.358 e. The van der Waals surface area contributed by atoms with Crippen molar-refractivity contribution in [2.75, 3.05) is 18.5 Å². The lowest BCUT2D eigenvalue weighted by atomic mass is 10.1. The van der Waals surface area contributed by atoms with Crippen LogP contribution >= 0.6 is 0 Å². The molecule has 0 radical (unpaired) electrons. The highest BCUT2D eigenvalue weighted by Gasteiger charge is 2.10. The summed E-state index contributed by atoms with van der Waals surface area (Å²) < 4.78 is 0. The van der Waals surface area contributed by atoms with E-state index >= 15 is 0 Å². The standard InChI is InChI=1S/C11H12N4/c1-9-4-6-14-11(10(9)8-13)15(2)7-3-5-12/h4,6H,3,7H2,1-2H3. The topological polar surface area (TPSA) is 63.7 Å². The molecule has 76 valence electrons. The fourth-order valence-corrected chi connectivity index (χ4v) is 1.30. The molecule has 0 fully saturated rings. The van der Waals surface area contributed by atoms with E-state index in [-0.39, 0.29) is 0 Å². The summed E-state index contributed by atoms with van der Waals surface area (Å²) in [6, 6.07) is 6.01. The Balaban J connectivity index is 3.00. The number of aromatic nitrogens is 1. The lowest BCUT2D eigenvalue weighted by molar-refractivity contribution is 0.881. The van der Waals surface area contributed by atoms with Crippen molar-refractivity contribution in [3.05, 3.63) is 23.4 Å². The molecule has 0 amide bonds. The highest BCUT2D eigenvalue weighted by molar-refractivity contribution is 5.56. The van der Waals surface area contributed by atoms with Crippen molar-refractivity contribution < 1.29 is 0 Å². The number of rotatable bonds is 3. The molecule has 0 unspecified atom stereocenters. The molecule has 1 aromatic heterocycles. The molecule has 0 saturated heterocycles. The van der Waals surface area contributed by atoms with Crippen LogP contribution in [0.1, 0.15) is 17.5 Å². The van der Waals surface area contributed by atoms with Gasteiger partial charge in [-0.3, -0.25) is 0 Å². The lowest BCUT2D eigenvalue weighted by Crippen LogP contribution is -2.20. The van der Waals surface area contributed by atoms with E-state index < -0.39 is 0 Å². The van der Waals surface area contributed by atoms with Gasteiger partial charge in [0.15, 0.2) is 0 Å². The molecule has 0 spiro atoms. The third-order valence-electron chi connectivity index (χ3n) is 2.17. The Kier molecular flexibility index (Phi) is 3.65. The van der Waals surface area contributed by atoms with Crippen LogP contribution in [0.3, 0.4) is 0 Å². The number of nitriles is 2. The predicted molar refractivity (Wildman–Crippen MR) is 57.2 cm³/mol. The van der Waals surface area contributed by atoms with E-state index in [1.165, 1.54) is 0 Å². The number of pyridine rings is 1. The summed E-state index contributed by atoms with van der Waals surface area (Å²) in [7, 11) is 1.83. The van der Waals surface area contributed by atoms with Crippen LogP contribution < -0.4 is 4.90 Å². The Labute approximate surface area is 89.4 Å². The smallest absolute Gasteiger partial charge is 0.146 e. The van der Waals surface area contributed by atoms with E-state index in [2.05, 4.69) is 17.1 Å². The number of hydrogen-bond donors (Lipinski definition) is 0. The van der Waals surface area contributed by atoms with E-state index in [1.807, 2.05) is 18.9 Å². The third-order valence-corrected chi connectivity index (χ3v) is 2.17. The Morgan fingerprint density at radius 2 is 2.20 bits per heavy atom. The summed E-state index contributed by atoms with van der Waals surface area (Å²) in [5, 5.41) is 17.5. The first-order valence-electron chi connectivity index (χ1n) is 4.64. The van der Waals surface area contributed by atoms with E-state index in [9.17, 15) is 0 Å². The number of aryl methyl sites for hydroxylation is 1. The molecule has 1 rings (SSSR count). The molecule has 1 aromatic rings. The molecule has 0 aliphatic carbocycles. The summed E-state index contributed by atoms with van der Waals surface area (Å²) in [6.07, 6.45) is 2.10. The second kappa shape index (κ2) is 4.97. The molecular weight excluding hydrogens is 188 g/mol. The zero-order valence-electron chi connectivity index (χ0n) is 8.86. The molecular formula is C11H12N4. The highest BCUT2D eigenvalue weighted by Crippen LogP contribution is 2.18. The van der Waals surface area contributed by atoms with Gasteiger partial charge >= 0.3 is 0 Å². The molecule has 4 nitrogen and oxygen atoms in total. The monoisotopic (exact) mass is 200 g/mol.